The van der Waals surface area contributed by atoms with Crippen molar-refractivity contribution in [1.82, 2.24) is 14.8 Å². The summed E-state index contributed by atoms with van der Waals surface area (Å²) < 4.78 is 14.6. The highest BCUT2D eigenvalue weighted by Gasteiger charge is 2.15. The van der Waals surface area contributed by atoms with Crippen molar-refractivity contribution in [3.63, 3.8) is 0 Å². The van der Waals surface area contributed by atoms with Gasteiger partial charge in [0, 0.05) is 18.0 Å². The third kappa shape index (κ3) is 2.71. The maximum absolute atomic E-state index is 13.0. The number of aryl methyl sites for hydroxylation is 2. The SMILES string of the molecule is Cc1ccc2nc3c(cc2c1)c(NC(=O)c1ccc(F)cc1)nn3C. The lowest BCUT2D eigenvalue weighted by molar-refractivity contribution is 0.102. The predicted molar refractivity (Wildman–Crippen MR) is 95.1 cm³/mol. The van der Waals surface area contributed by atoms with E-state index in [2.05, 4.69) is 15.4 Å². The van der Waals surface area contributed by atoms with Gasteiger partial charge in [-0.25, -0.2) is 14.1 Å². The lowest BCUT2D eigenvalue weighted by Gasteiger charge is -2.03. The number of amides is 1. The topological polar surface area (TPSA) is 59.8 Å². The fourth-order valence-corrected chi connectivity index (χ4v) is 2.83. The van der Waals surface area contributed by atoms with Gasteiger partial charge in [0.2, 0.25) is 0 Å². The lowest BCUT2D eigenvalue weighted by Crippen LogP contribution is -2.12. The molecule has 1 amide bonds. The second-order valence-electron chi connectivity index (χ2n) is 5.99. The van der Waals surface area contributed by atoms with Crippen molar-refractivity contribution >= 4 is 33.7 Å². The van der Waals surface area contributed by atoms with E-state index in [-0.39, 0.29) is 11.7 Å². The van der Waals surface area contributed by atoms with Crippen molar-refractivity contribution in [2.24, 2.45) is 7.05 Å². The number of pyridine rings is 1. The maximum atomic E-state index is 13.0. The van der Waals surface area contributed by atoms with E-state index in [4.69, 9.17) is 0 Å². The molecular weight excluding hydrogens is 319 g/mol. The van der Waals surface area contributed by atoms with E-state index < -0.39 is 0 Å². The molecule has 2 aromatic heterocycles. The van der Waals surface area contributed by atoms with Crippen LogP contribution in [0.4, 0.5) is 10.2 Å². The molecule has 0 spiro atoms. The van der Waals surface area contributed by atoms with Crippen molar-refractivity contribution in [2.75, 3.05) is 5.32 Å². The van der Waals surface area contributed by atoms with Gasteiger partial charge in [0.15, 0.2) is 11.5 Å². The first kappa shape index (κ1) is 15.3. The number of nitrogens with one attached hydrogen (secondary N) is 1. The average Bonchev–Trinajstić information content (AvgIpc) is 2.88. The van der Waals surface area contributed by atoms with E-state index >= 15 is 0 Å². The Morgan fingerprint density at radius 2 is 1.88 bits per heavy atom. The highest BCUT2D eigenvalue weighted by atomic mass is 19.1. The minimum atomic E-state index is -0.383. The van der Waals surface area contributed by atoms with Crippen LogP contribution in [0, 0.1) is 12.7 Å². The number of carbonyl (C=O) groups is 1. The molecule has 6 heteroatoms. The first-order valence-corrected chi connectivity index (χ1v) is 7.82. The van der Waals surface area contributed by atoms with E-state index in [0.29, 0.717) is 17.0 Å². The molecule has 2 heterocycles. The quantitative estimate of drug-likeness (QED) is 0.606. The number of halogens is 1. The van der Waals surface area contributed by atoms with Crippen LogP contribution in [0.3, 0.4) is 0 Å². The number of carbonyl (C=O) groups excluding carboxylic acids is 1. The van der Waals surface area contributed by atoms with E-state index in [9.17, 15) is 9.18 Å². The molecule has 0 aliphatic carbocycles. The Balaban J connectivity index is 1.78. The Labute approximate surface area is 143 Å². The average molecular weight is 334 g/mol. The predicted octanol–water partition coefficient (Wildman–Crippen LogP) is 3.82. The summed E-state index contributed by atoms with van der Waals surface area (Å²) in [7, 11) is 1.78. The maximum Gasteiger partial charge on any atom is 0.256 e. The zero-order valence-corrected chi connectivity index (χ0v) is 13.7. The molecule has 4 rings (SSSR count). The van der Waals surface area contributed by atoms with Gasteiger partial charge in [0.1, 0.15) is 5.82 Å². The van der Waals surface area contributed by atoms with Crippen molar-refractivity contribution in [1.29, 1.82) is 0 Å². The number of aromatic nitrogens is 3. The molecule has 1 N–H and O–H groups in total. The Hall–Kier alpha value is -3.28. The van der Waals surface area contributed by atoms with Crippen molar-refractivity contribution < 1.29 is 9.18 Å². The van der Waals surface area contributed by atoms with Gasteiger partial charge >= 0.3 is 0 Å². The van der Waals surface area contributed by atoms with Gasteiger partial charge in [-0.2, -0.15) is 5.10 Å². The Bertz CT molecular complexity index is 1120. The molecule has 0 unspecified atom stereocenters. The molecule has 4 aromatic rings. The molecular formula is C19H15FN4O. The van der Waals surface area contributed by atoms with Gasteiger partial charge in [-0.1, -0.05) is 11.6 Å². The molecule has 25 heavy (non-hydrogen) atoms. The van der Waals surface area contributed by atoms with Crippen LogP contribution in [0.5, 0.6) is 0 Å². The standard InChI is InChI=1S/C19H15FN4O/c1-11-3-8-16-13(9-11)10-15-17(23-24(2)18(15)21-16)22-19(25)12-4-6-14(20)7-5-12/h3-10H,1-2H3,(H,22,23,25). The first-order valence-electron chi connectivity index (χ1n) is 7.82. The number of anilines is 1. The molecule has 0 aliphatic rings. The summed E-state index contributed by atoms with van der Waals surface area (Å²) in [4.78, 5) is 17.0. The van der Waals surface area contributed by atoms with Gasteiger partial charge in [-0.3, -0.25) is 4.79 Å². The fourth-order valence-electron chi connectivity index (χ4n) is 2.83. The van der Waals surface area contributed by atoms with Crippen molar-refractivity contribution in [3.8, 4) is 0 Å². The summed E-state index contributed by atoms with van der Waals surface area (Å²) in [6.07, 6.45) is 0. The van der Waals surface area contributed by atoms with E-state index in [1.807, 2.05) is 31.2 Å². The molecule has 0 saturated carbocycles. The van der Waals surface area contributed by atoms with Crippen LogP contribution in [-0.4, -0.2) is 20.7 Å². The molecule has 2 aromatic carbocycles. The molecule has 0 atom stereocenters. The second kappa shape index (κ2) is 5.66. The van der Waals surface area contributed by atoms with Crippen LogP contribution in [-0.2, 0) is 7.05 Å². The Kier molecular flexibility index (Phi) is 3.46. The number of fused-ring (bicyclic) bond motifs is 2. The van der Waals surface area contributed by atoms with E-state index in [1.54, 1.807) is 11.7 Å². The number of rotatable bonds is 2. The third-order valence-electron chi connectivity index (χ3n) is 4.10. The van der Waals surface area contributed by atoms with Crippen LogP contribution in [0.1, 0.15) is 15.9 Å². The molecule has 0 aliphatic heterocycles. The van der Waals surface area contributed by atoms with Gasteiger partial charge in [-0.15, -0.1) is 0 Å². The molecule has 5 nitrogen and oxygen atoms in total. The van der Waals surface area contributed by atoms with E-state index in [0.717, 1.165) is 21.9 Å². The largest absolute Gasteiger partial charge is 0.305 e. The highest BCUT2D eigenvalue weighted by Crippen LogP contribution is 2.26. The number of nitrogens with zero attached hydrogens (tertiary/aromatic N) is 3. The van der Waals surface area contributed by atoms with Crippen LogP contribution >= 0.6 is 0 Å². The third-order valence-corrected chi connectivity index (χ3v) is 4.10. The van der Waals surface area contributed by atoms with Crippen molar-refractivity contribution in [3.05, 3.63) is 65.5 Å². The molecule has 0 saturated heterocycles. The molecule has 124 valence electrons. The van der Waals surface area contributed by atoms with Gasteiger partial charge < -0.3 is 5.32 Å². The first-order chi connectivity index (χ1) is 12.0. The van der Waals surface area contributed by atoms with Crippen LogP contribution in [0.25, 0.3) is 21.9 Å². The minimum Gasteiger partial charge on any atom is -0.305 e. The summed E-state index contributed by atoms with van der Waals surface area (Å²) in [5.74, 6) is -0.294. The van der Waals surface area contributed by atoms with Crippen LogP contribution in [0.2, 0.25) is 0 Å². The van der Waals surface area contributed by atoms with E-state index in [1.165, 1.54) is 24.3 Å². The van der Waals surface area contributed by atoms with Gasteiger partial charge in [0.05, 0.1) is 10.9 Å². The monoisotopic (exact) mass is 334 g/mol. The molecule has 0 fully saturated rings. The zero-order chi connectivity index (χ0) is 17.6. The normalized spacial score (nSPS) is 11.2. The molecule has 0 radical (unpaired) electrons. The summed E-state index contributed by atoms with van der Waals surface area (Å²) in [6.45, 7) is 2.02. The number of hydrogen-bond acceptors (Lipinski definition) is 3. The smallest absolute Gasteiger partial charge is 0.256 e. The fraction of sp³-hybridized carbons (Fsp3) is 0.105. The highest BCUT2D eigenvalue weighted by molar-refractivity contribution is 6.08. The number of hydrogen-bond donors (Lipinski definition) is 1. The second-order valence-corrected chi connectivity index (χ2v) is 5.99. The zero-order valence-electron chi connectivity index (χ0n) is 13.7. The minimum absolute atomic E-state index is 0.343. The van der Waals surface area contributed by atoms with Crippen molar-refractivity contribution in [2.45, 2.75) is 6.92 Å². The Morgan fingerprint density at radius 1 is 1.12 bits per heavy atom. The summed E-state index contributed by atoms with van der Waals surface area (Å²) in [6, 6.07) is 13.4. The van der Waals surface area contributed by atoms with Gasteiger partial charge in [0.25, 0.3) is 5.91 Å². The van der Waals surface area contributed by atoms with Crippen LogP contribution < -0.4 is 5.32 Å². The summed E-state index contributed by atoms with van der Waals surface area (Å²) in [5.41, 5.74) is 3.06. The summed E-state index contributed by atoms with van der Waals surface area (Å²) >= 11 is 0. The summed E-state index contributed by atoms with van der Waals surface area (Å²) in [5, 5.41) is 8.90. The Morgan fingerprint density at radius 3 is 2.64 bits per heavy atom. The molecule has 0 bridgehead atoms. The van der Waals surface area contributed by atoms with Crippen LogP contribution in [0.15, 0.2) is 48.5 Å². The lowest BCUT2D eigenvalue weighted by atomic mass is 10.1. The number of benzene rings is 2. The van der Waals surface area contributed by atoms with Gasteiger partial charge in [-0.05, 0) is 49.4 Å².